The second kappa shape index (κ2) is 7.88. The van der Waals surface area contributed by atoms with E-state index < -0.39 is 0 Å². The van der Waals surface area contributed by atoms with Crippen molar-refractivity contribution >= 4 is 11.4 Å². The van der Waals surface area contributed by atoms with Crippen LogP contribution in [0.2, 0.25) is 0 Å². The summed E-state index contributed by atoms with van der Waals surface area (Å²) in [7, 11) is 3.63. The highest BCUT2D eigenvalue weighted by molar-refractivity contribution is 5.63. The summed E-state index contributed by atoms with van der Waals surface area (Å²) in [6.45, 7) is 4.00. The molecule has 2 N–H and O–H groups in total. The van der Waals surface area contributed by atoms with Gasteiger partial charge in [-0.3, -0.25) is 4.90 Å². The normalized spacial score (nSPS) is 25.8. The summed E-state index contributed by atoms with van der Waals surface area (Å²) in [6, 6.07) is 7.60. The average Bonchev–Trinajstić information content (AvgIpc) is 2.63. The first-order chi connectivity index (χ1) is 11.3. The lowest BCUT2D eigenvalue weighted by atomic mass is 9.89. The Hall–Kier alpha value is -1.46. The second-order valence-electron chi connectivity index (χ2n) is 6.46. The van der Waals surface area contributed by atoms with Gasteiger partial charge in [0.2, 0.25) is 0 Å². The zero-order valence-electron chi connectivity index (χ0n) is 14.3. The smallest absolute Gasteiger partial charge is 0.143 e. The van der Waals surface area contributed by atoms with Crippen molar-refractivity contribution in [3.8, 4) is 5.75 Å². The maximum atomic E-state index is 5.46. The quantitative estimate of drug-likeness (QED) is 0.874. The van der Waals surface area contributed by atoms with E-state index in [4.69, 9.17) is 9.47 Å². The lowest BCUT2D eigenvalue weighted by Gasteiger charge is -2.39. The molecule has 23 heavy (non-hydrogen) atoms. The largest absolute Gasteiger partial charge is 0.495 e. The van der Waals surface area contributed by atoms with Crippen LogP contribution in [0.15, 0.2) is 18.2 Å². The zero-order valence-corrected chi connectivity index (χ0v) is 14.3. The van der Waals surface area contributed by atoms with E-state index in [1.165, 1.54) is 25.7 Å². The lowest BCUT2D eigenvalue weighted by Crippen LogP contribution is -2.46. The molecule has 0 bridgehead atoms. The number of ether oxygens (including phenoxy) is 2. The standard InChI is InChI=1S/C18H29N3O2/c1-19-17-8-5-15(13-18(17)22-2)20-14-3-6-16(7-4-14)21-9-11-23-12-10-21/h5,8,13-14,16,19-20H,3-4,6-7,9-12H2,1-2H3. The molecule has 1 saturated carbocycles. The summed E-state index contributed by atoms with van der Waals surface area (Å²) >= 11 is 0. The Labute approximate surface area is 139 Å². The Kier molecular flexibility index (Phi) is 5.62. The van der Waals surface area contributed by atoms with Crippen molar-refractivity contribution < 1.29 is 9.47 Å². The Morgan fingerprint density at radius 1 is 1.13 bits per heavy atom. The van der Waals surface area contributed by atoms with Gasteiger partial charge in [0.1, 0.15) is 5.75 Å². The molecule has 5 nitrogen and oxygen atoms in total. The van der Waals surface area contributed by atoms with Crippen LogP contribution in [0.3, 0.4) is 0 Å². The van der Waals surface area contributed by atoms with Crippen LogP contribution in [-0.2, 0) is 4.74 Å². The van der Waals surface area contributed by atoms with Crippen LogP contribution in [0.4, 0.5) is 11.4 Å². The van der Waals surface area contributed by atoms with E-state index in [-0.39, 0.29) is 0 Å². The number of methoxy groups -OCH3 is 1. The predicted molar refractivity (Wildman–Crippen MR) is 94.6 cm³/mol. The molecule has 1 aromatic carbocycles. The van der Waals surface area contributed by atoms with Gasteiger partial charge in [0, 0.05) is 44.0 Å². The van der Waals surface area contributed by atoms with Crippen molar-refractivity contribution in [3.63, 3.8) is 0 Å². The first kappa shape index (κ1) is 16.4. The highest BCUT2D eigenvalue weighted by Crippen LogP contribution is 2.30. The van der Waals surface area contributed by atoms with Gasteiger partial charge < -0.3 is 20.1 Å². The van der Waals surface area contributed by atoms with Gasteiger partial charge in [0.05, 0.1) is 26.0 Å². The van der Waals surface area contributed by atoms with E-state index in [1.54, 1.807) is 7.11 Å². The van der Waals surface area contributed by atoms with E-state index in [1.807, 2.05) is 7.05 Å². The molecule has 2 fully saturated rings. The molecule has 1 heterocycles. The van der Waals surface area contributed by atoms with E-state index in [0.717, 1.165) is 49.5 Å². The molecule has 0 atom stereocenters. The monoisotopic (exact) mass is 319 g/mol. The predicted octanol–water partition coefficient (Wildman–Crippen LogP) is 2.79. The molecule has 2 aliphatic rings. The van der Waals surface area contributed by atoms with Gasteiger partial charge in [-0.2, -0.15) is 0 Å². The number of nitrogens with zero attached hydrogens (tertiary/aromatic N) is 1. The number of benzene rings is 1. The molecule has 0 aromatic heterocycles. The van der Waals surface area contributed by atoms with Crippen LogP contribution >= 0.6 is 0 Å². The van der Waals surface area contributed by atoms with Crippen molar-refractivity contribution in [2.45, 2.75) is 37.8 Å². The molecule has 128 valence electrons. The third-order valence-electron chi connectivity index (χ3n) is 5.10. The fraction of sp³-hybridized carbons (Fsp3) is 0.667. The van der Waals surface area contributed by atoms with Crippen LogP contribution < -0.4 is 15.4 Å². The molecule has 0 unspecified atom stereocenters. The number of nitrogens with one attached hydrogen (secondary N) is 2. The molecule has 0 spiro atoms. The molecule has 3 rings (SSSR count). The highest BCUT2D eigenvalue weighted by atomic mass is 16.5. The Bertz CT molecular complexity index is 495. The van der Waals surface area contributed by atoms with Gasteiger partial charge in [-0.1, -0.05) is 0 Å². The molecule has 1 aliphatic carbocycles. The topological polar surface area (TPSA) is 45.8 Å². The van der Waals surface area contributed by atoms with Crippen LogP contribution in [-0.4, -0.2) is 57.4 Å². The number of anilines is 2. The summed E-state index contributed by atoms with van der Waals surface area (Å²) in [6.07, 6.45) is 5.03. The molecule has 1 aromatic rings. The molecule has 1 saturated heterocycles. The minimum Gasteiger partial charge on any atom is -0.495 e. The Balaban J connectivity index is 1.52. The van der Waals surface area contributed by atoms with E-state index in [0.29, 0.717) is 6.04 Å². The lowest BCUT2D eigenvalue weighted by molar-refractivity contribution is 0.00791. The maximum absolute atomic E-state index is 5.46. The third-order valence-corrected chi connectivity index (χ3v) is 5.10. The SMILES string of the molecule is CNc1ccc(NC2CCC(N3CCOCC3)CC2)cc1OC. The zero-order chi connectivity index (χ0) is 16.1. The molecule has 0 amide bonds. The highest BCUT2D eigenvalue weighted by Gasteiger charge is 2.26. The van der Waals surface area contributed by atoms with E-state index in [9.17, 15) is 0 Å². The number of morpholine rings is 1. The van der Waals surface area contributed by atoms with Crippen molar-refractivity contribution in [2.24, 2.45) is 0 Å². The van der Waals surface area contributed by atoms with Gasteiger partial charge in [-0.15, -0.1) is 0 Å². The molecular weight excluding hydrogens is 290 g/mol. The van der Waals surface area contributed by atoms with Gasteiger partial charge in [-0.25, -0.2) is 0 Å². The van der Waals surface area contributed by atoms with Gasteiger partial charge in [-0.05, 0) is 37.8 Å². The van der Waals surface area contributed by atoms with Crippen LogP contribution in [0.5, 0.6) is 5.75 Å². The number of hydrogen-bond donors (Lipinski definition) is 2. The first-order valence-corrected chi connectivity index (χ1v) is 8.74. The molecular formula is C18H29N3O2. The van der Waals surface area contributed by atoms with Crippen LogP contribution in [0.1, 0.15) is 25.7 Å². The summed E-state index contributed by atoms with van der Waals surface area (Å²) < 4.78 is 10.9. The van der Waals surface area contributed by atoms with Crippen molar-refractivity contribution in [1.82, 2.24) is 4.90 Å². The third kappa shape index (κ3) is 4.09. The first-order valence-electron chi connectivity index (χ1n) is 8.74. The minimum atomic E-state index is 0.567. The van der Waals surface area contributed by atoms with Crippen LogP contribution in [0, 0.1) is 0 Å². The van der Waals surface area contributed by atoms with Crippen molar-refractivity contribution in [2.75, 3.05) is 51.1 Å². The molecule has 5 heteroatoms. The summed E-state index contributed by atoms with van der Waals surface area (Å²) in [4.78, 5) is 2.62. The van der Waals surface area contributed by atoms with Gasteiger partial charge in [0.25, 0.3) is 0 Å². The fourth-order valence-corrected chi connectivity index (χ4v) is 3.75. The maximum Gasteiger partial charge on any atom is 0.143 e. The molecule has 1 aliphatic heterocycles. The fourth-order valence-electron chi connectivity index (χ4n) is 3.75. The Morgan fingerprint density at radius 2 is 1.87 bits per heavy atom. The summed E-state index contributed by atoms with van der Waals surface area (Å²) in [5.74, 6) is 0.888. The molecule has 0 radical (unpaired) electrons. The minimum absolute atomic E-state index is 0.567. The van der Waals surface area contributed by atoms with Crippen molar-refractivity contribution in [3.05, 3.63) is 18.2 Å². The number of rotatable bonds is 5. The van der Waals surface area contributed by atoms with Gasteiger partial charge in [0.15, 0.2) is 0 Å². The van der Waals surface area contributed by atoms with Gasteiger partial charge >= 0.3 is 0 Å². The van der Waals surface area contributed by atoms with Crippen molar-refractivity contribution in [1.29, 1.82) is 0 Å². The number of hydrogen-bond acceptors (Lipinski definition) is 5. The summed E-state index contributed by atoms with van der Waals surface area (Å²) in [5, 5.41) is 6.83. The van der Waals surface area contributed by atoms with E-state index >= 15 is 0 Å². The second-order valence-corrected chi connectivity index (χ2v) is 6.46. The summed E-state index contributed by atoms with van der Waals surface area (Å²) in [5.41, 5.74) is 2.17. The average molecular weight is 319 g/mol. The van der Waals surface area contributed by atoms with Crippen LogP contribution in [0.25, 0.3) is 0 Å². The Morgan fingerprint density at radius 3 is 2.52 bits per heavy atom. The van der Waals surface area contributed by atoms with E-state index in [2.05, 4.69) is 33.7 Å².